The summed E-state index contributed by atoms with van der Waals surface area (Å²) in [5.74, 6) is -0.392. The second-order valence-electron chi connectivity index (χ2n) is 4.77. The summed E-state index contributed by atoms with van der Waals surface area (Å²) < 4.78 is 44.3. The van der Waals surface area contributed by atoms with Crippen LogP contribution in [0.15, 0.2) is 55.1 Å². The lowest BCUT2D eigenvalue weighted by Crippen LogP contribution is -2.05. The third-order valence-electron chi connectivity index (χ3n) is 3.26. The van der Waals surface area contributed by atoms with E-state index in [1.54, 1.807) is 30.6 Å². The van der Waals surface area contributed by atoms with Gasteiger partial charge in [0.05, 0.1) is 18.1 Å². The Kier molecular flexibility index (Phi) is 4.27. The largest absolute Gasteiger partial charge is 0.435 e. The van der Waals surface area contributed by atoms with E-state index in [2.05, 4.69) is 14.8 Å². The maximum absolute atomic E-state index is 14.2. The molecule has 0 aliphatic heterocycles. The lowest BCUT2D eigenvalue weighted by atomic mass is 10.0. The van der Waals surface area contributed by atoms with Gasteiger partial charge >= 0.3 is 6.61 Å². The van der Waals surface area contributed by atoms with Crippen molar-refractivity contribution in [2.45, 2.75) is 13.0 Å². The van der Waals surface area contributed by atoms with Crippen LogP contribution in [0.25, 0.3) is 5.69 Å². The predicted octanol–water partition coefficient (Wildman–Crippen LogP) is 3.60. The number of alkyl halides is 2. The molecular weight excluding hydrogens is 307 g/mol. The number of nitrogens with zero attached hydrogens (tertiary/aromatic N) is 3. The summed E-state index contributed by atoms with van der Waals surface area (Å²) in [5, 5.41) is 4.08. The van der Waals surface area contributed by atoms with E-state index in [9.17, 15) is 13.2 Å². The summed E-state index contributed by atoms with van der Waals surface area (Å²) in [6.45, 7) is -2.87. The Morgan fingerprint density at radius 2 is 1.91 bits per heavy atom. The van der Waals surface area contributed by atoms with E-state index >= 15 is 0 Å². The number of hydrogen-bond acceptors (Lipinski definition) is 3. The van der Waals surface area contributed by atoms with Gasteiger partial charge in [0.15, 0.2) is 0 Å². The van der Waals surface area contributed by atoms with Crippen LogP contribution in [-0.4, -0.2) is 21.4 Å². The van der Waals surface area contributed by atoms with Crippen LogP contribution >= 0.6 is 0 Å². The fraction of sp³-hybridized carbons (Fsp3) is 0.125. The molecule has 0 radical (unpaired) electrons. The average Bonchev–Trinajstić information content (AvgIpc) is 3.05. The van der Waals surface area contributed by atoms with E-state index in [1.807, 2.05) is 0 Å². The van der Waals surface area contributed by atoms with Crippen LogP contribution in [0.2, 0.25) is 0 Å². The van der Waals surface area contributed by atoms with Gasteiger partial charge in [0.25, 0.3) is 0 Å². The molecule has 0 unspecified atom stereocenters. The SMILES string of the molecule is Fc1cncc(-n2cccn2)c1Cc1ccc(OC(F)F)cc1. The van der Waals surface area contributed by atoms with Gasteiger partial charge in [-0.25, -0.2) is 9.07 Å². The summed E-state index contributed by atoms with van der Waals surface area (Å²) in [5.41, 5.74) is 1.71. The van der Waals surface area contributed by atoms with Crippen LogP contribution in [0.3, 0.4) is 0 Å². The van der Waals surface area contributed by atoms with Crippen molar-refractivity contribution in [2.24, 2.45) is 0 Å². The Bertz CT molecular complexity index is 774. The Hall–Kier alpha value is -2.83. The van der Waals surface area contributed by atoms with E-state index in [-0.39, 0.29) is 12.2 Å². The minimum absolute atomic E-state index is 0.0613. The van der Waals surface area contributed by atoms with Crippen molar-refractivity contribution in [1.82, 2.24) is 14.8 Å². The molecule has 0 saturated heterocycles. The Morgan fingerprint density at radius 1 is 1.13 bits per heavy atom. The first kappa shape index (κ1) is 15.1. The molecule has 0 atom stereocenters. The van der Waals surface area contributed by atoms with Crippen LogP contribution in [-0.2, 0) is 6.42 Å². The maximum atomic E-state index is 14.2. The Labute approximate surface area is 130 Å². The number of benzene rings is 1. The van der Waals surface area contributed by atoms with Crippen molar-refractivity contribution in [1.29, 1.82) is 0 Å². The lowest BCUT2D eigenvalue weighted by Gasteiger charge is -2.11. The first-order valence-corrected chi connectivity index (χ1v) is 6.79. The first-order chi connectivity index (χ1) is 11.1. The lowest BCUT2D eigenvalue weighted by molar-refractivity contribution is -0.0498. The molecule has 2 aromatic heterocycles. The topological polar surface area (TPSA) is 39.9 Å². The summed E-state index contributed by atoms with van der Waals surface area (Å²) >= 11 is 0. The van der Waals surface area contributed by atoms with Crippen molar-refractivity contribution in [3.05, 3.63) is 72.1 Å². The van der Waals surface area contributed by atoms with Crippen LogP contribution in [0.1, 0.15) is 11.1 Å². The number of pyridine rings is 1. The molecular formula is C16H12F3N3O. The minimum Gasteiger partial charge on any atom is -0.435 e. The number of hydrogen-bond donors (Lipinski definition) is 0. The normalized spacial score (nSPS) is 11.0. The van der Waals surface area contributed by atoms with Crippen molar-refractivity contribution in [3.63, 3.8) is 0 Å². The standard InChI is InChI=1S/C16H12F3N3O/c17-14-9-20-10-15(22-7-1-6-21-22)13(14)8-11-2-4-12(5-3-11)23-16(18)19/h1-7,9-10,16H,8H2. The molecule has 3 rings (SSSR count). The second-order valence-corrected chi connectivity index (χ2v) is 4.77. The van der Waals surface area contributed by atoms with Gasteiger partial charge in [-0.1, -0.05) is 12.1 Å². The third-order valence-corrected chi connectivity index (χ3v) is 3.26. The Morgan fingerprint density at radius 3 is 2.57 bits per heavy atom. The summed E-state index contributed by atoms with van der Waals surface area (Å²) in [6, 6.07) is 7.81. The van der Waals surface area contributed by atoms with Gasteiger partial charge in [0, 0.05) is 24.4 Å². The molecule has 3 aromatic rings. The number of rotatable bonds is 5. The van der Waals surface area contributed by atoms with Crippen LogP contribution < -0.4 is 4.74 Å². The molecule has 23 heavy (non-hydrogen) atoms. The van der Waals surface area contributed by atoms with Gasteiger partial charge < -0.3 is 4.74 Å². The number of aromatic nitrogens is 3. The highest BCUT2D eigenvalue weighted by atomic mass is 19.3. The van der Waals surface area contributed by atoms with Gasteiger partial charge in [-0.3, -0.25) is 4.98 Å². The summed E-state index contributed by atoms with van der Waals surface area (Å²) in [7, 11) is 0. The van der Waals surface area contributed by atoms with E-state index in [0.717, 1.165) is 11.8 Å². The zero-order chi connectivity index (χ0) is 16.2. The molecule has 7 heteroatoms. The molecule has 0 aliphatic carbocycles. The summed E-state index contributed by atoms with van der Waals surface area (Å²) in [6.07, 6.45) is 6.22. The predicted molar refractivity (Wildman–Crippen MR) is 77.2 cm³/mol. The highest BCUT2D eigenvalue weighted by Crippen LogP contribution is 2.22. The highest BCUT2D eigenvalue weighted by Gasteiger charge is 2.12. The smallest absolute Gasteiger partial charge is 0.387 e. The minimum atomic E-state index is -2.87. The van der Waals surface area contributed by atoms with Crippen LogP contribution in [0.5, 0.6) is 5.75 Å². The second kappa shape index (κ2) is 6.51. The number of halogens is 3. The molecule has 0 amide bonds. The fourth-order valence-electron chi connectivity index (χ4n) is 2.23. The van der Waals surface area contributed by atoms with Crippen LogP contribution in [0, 0.1) is 5.82 Å². The third kappa shape index (κ3) is 3.50. The van der Waals surface area contributed by atoms with Crippen LogP contribution in [0.4, 0.5) is 13.2 Å². The van der Waals surface area contributed by atoms with E-state index in [1.165, 1.54) is 23.0 Å². The molecule has 0 aliphatic rings. The molecule has 2 heterocycles. The molecule has 0 saturated carbocycles. The molecule has 0 bridgehead atoms. The number of ether oxygens (including phenoxy) is 1. The molecule has 118 valence electrons. The zero-order valence-electron chi connectivity index (χ0n) is 11.9. The zero-order valence-corrected chi connectivity index (χ0v) is 11.9. The van der Waals surface area contributed by atoms with E-state index < -0.39 is 12.4 Å². The quantitative estimate of drug-likeness (QED) is 0.721. The van der Waals surface area contributed by atoms with Gasteiger partial charge in [-0.05, 0) is 23.8 Å². The van der Waals surface area contributed by atoms with Gasteiger partial charge in [-0.2, -0.15) is 13.9 Å². The molecule has 4 nitrogen and oxygen atoms in total. The highest BCUT2D eigenvalue weighted by molar-refractivity contribution is 5.42. The summed E-state index contributed by atoms with van der Waals surface area (Å²) in [4.78, 5) is 3.85. The maximum Gasteiger partial charge on any atom is 0.387 e. The van der Waals surface area contributed by atoms with Crippen molar-refractivity contribution in [3.8, 4) is 11.4 Å². The average molecular weight is 319 g/mol. The van der Waals surface area contributed by atoms with E-state index in [4.69, 9.17) is 0 Å². The Balaban J connectivity index is 1.88. The molecule has 0 spiro atoms. The molecule has 0 fully saturated rings. The van der Waals surface area contributed by atoms with E-state index in [0.29, 0.717) is 11.3 Å². The fourth-order valence-corrected chi connectivity index (χ4v) is 2.23. The van der Waals surface area contributed by atoms with Crippen molar-refractivity contribution < 1.29 is 17.9 Å². The first-order valence-electron chi connectivity index (χ1n) is 6.79. The monoisotopic (exact) mass is 319 g/mol. The molecule has 1 aromatic carbocycles. The van der Waals surface area contributed by atoms with Crippen molar-refractivity contribution in [2.75, 3.05) is 0 Å². The van der Waals surface area contributed by atoms with Gasteiger partial charge in [-0.15, -0.1) is 0 Å². The van der Waals surface area contributed by atoms with Gasteiger partial charge in [0.2, 0.25) is 0 Å². The molecule has 0 N–H and O–H groups in total. The van der Waals surface area contributed by atoms with Crippen molar-refractivity contribution >= 4 is 0 Å². The van der Waals surface area contributed by atoms with Gasteiger partial charge in [0.1, 0.15) is 11.6 Å².